The number of nitrogens with one attached hydrogen (secondary N) is 2. The minimum atomic E-state index is -0.0231. The lowest BCUT2D eigenvalue weighted by molar-refractivity contribution is 0.0916. The van der Waals surface area contributed by atoms with Crippen LogP contribution >= 0.6 is 0 Å². The molecule has 1 aliphatic rings. The molecule has 1 saturated heterocycles. The fourth-order valence-electron chi connectivity index (χ4n) is 2.24. The van der Waals surface area contributed by atoms with Gasteiger partial charge in [-0.15, -0.1) is 0 Å². The lowest BCUT2D eigenvalue weighted by Gasteiger charge is -2.29. The van der Waals surface area contributed by atoms with E-state index in [1.165, 1.54) is 0 Å². The van der Waals surface area contributed by atoms with Gasteiger partial charge in [0.1, 0.15) is 5.82 Å². The predicted molar refractivity (Wildman–Crippen MR) is 76.4 cm³/mol. The first-order valence-corrected chi connectivity index (χ1v) is 6.88. The van der Waals surface area contributed by atoms with E-state index in [4.69, 9.17) is 0 Å². The van der Waals surface area contributed by atoms with E-state index in [1.54, 1.807) is 6.20 Å². The summed E-state index contributed by atoms with van der Waals surface area (Å²) in [6, 6.07) is 3.94. The maximum absolute atomic E-state index is 12.1. The highest BCUT2D eigenvalue weighted by Crippen LogP contribution is 2.10. The molecule has 0 saturated carbocycles. The summed E-state index contributed by atoms with van der Waals surface area (Å²) < 4.78 is 0. The van der Waals surface area contributed by atoms with Gasteiger partial charge >= 0.3 is 0 Å². The molecule has 5 nitrogen and oxygen atoms in total. The van der Waals surface area contributed by atoms with Crippen LogP contribution in [0.5, 0.6) is 0 Å². The molecule has 1 fully saturated rings. The number of hydrogen-bond donors (Lipinski definition) is 2. The van der Waals surface area contributed by atoms with E-state index in [0.717, 1.165) is 38.3 Å². The highest BCUT2D eigenvalue weighted by molar-refractivity contribution is 5.94. The molecule has 5 heteroatoms. The number of piperidine rings is 1. The monoisotopic (exact) mass is 262 g/mol. The zero-order valence-electron chi connectivity index (χ0n) is 11.6. The van der Waals surface area contributed by atoms with Crippen LogP contribution in [-0.2, 0) is 0 Å². The zero-order chi connectivity index (χ0) is 13.7. The van der Waals surface area contributed by atoms with Crippen molar-refractivity contribution in [3.8, 4) is 0 Å². The summed E-state index contributed by atoms with van der Waals surface area (Å²) in [5.41, 5.74) is 0.626. The van der Waals surface area contributed by atoms with Crippen molar-refractivity contribution in [1.29, 1.82) is 0 Å². The molecule has 0 bridgehead atoms. The fourth-order valence-corrected chi connectivity index (χ4v) is 2.24. The Labute approximate surface area is 114 Å². The van der Waals surface area contributed by atoms with Crippen LogP contribution in [0, 0.1) is 0 Å². The topological polar surface area (TPSA) is 57.3 Å². The molecule has 0 atom stereocenters. The van der Waals surface area contributed by atoms with E-state index in [9.17, 15) is 4.79 Å². The number of pyridine rings is 1. The third-order valence-corrected chi connectivity index (χ3v) is 3.44. The van der Waals surface area contributed by atoms with Gasteiger partial charge in [0.2, 0.25) is 0 Å². The van der Waals surface area contributed by atoms with Crippen molar-refractivity contribution in [1.82, 2.24) is 15.2 Å². The summed E-state index contributed by atoms with van der Waals surface area (Å²) in [4.78, 5) is 18.6. The molecule has 1 aromatic rings. The van der Waals surface area contributed by atoms with E-state index in [-0.39, 0.29) is 11.9 Å². The largest absolute Gasteiger partial charge is 0.370 e. The van der Waals surface area contributed by atoms with E-state index in [0.29, 0.717) is 5.56 Å². The molecule has 0 unspecified atom stereocenters. The first kappa shape index (κ1) is 13.8. The number of rotatable bonds is 4. The summed E-state index contributed by atoms with van der Waals surface area (Å²) in [5, 5.41) is 6.19. The maximum atomic E-state index is 12.1. The Balaban J connectivity index is 1.88. The average molecular weight is 262 g/mol. The van der Waals surface area contributed by atoms with E-state index in [1.807, 2.05) is 19.1 Å². The Hall–Kier alpha value is -1.62. The van der Waals surface area contributed by atoms with Crippen molar-refractivity contribution in [2.24, 2.45) is 0 Å². The van der Waals surface area contributed by atoms with Crippen molar-refractivity contribution < 1.29 is 4.79 Å². The van der Waals surface area contributed by atoms with E-state index < -0.39 is 0 Å². The molecule has 2 rings (SSSR count). The quantitative estimate of drug-likeness (QED) is 0.859. The van der Waals surface area contributed by atoms with Gasteiger partial charge in [0.25, 0.3) is 5.91 Å². The Morgan fingerprint density at radius 3 is 2.74 bits per heavy atom. The second-order valence-electron chi connectivity index (χ2n) is 5.01. The fraction of sp³-hybridized carbons (Fsp3) is 0.571. The van der Waals surface area contributed by atoms with Crippen LogP contribution in [0.1, 0.15) is 30.1 Å². The van der Waals surface area contributed by atoms with Gasteiger partial charge in [-0.2, -0.15) is 0 Å². The molecule has 2 N–H and O–H groups in total. The summed E-state index contributed by atoms with van der Waals surface area (Å²) >= 11 is 0. The van der Waals surface area contributed by atoms with Crippen LogP contribution in [-0.4, -0.2) is 48.5 Å². The van der Waals surface area contributed by atoms with Crippen LogP contribution in [0.4, 0.5) is 5.82 Å². The van der Waals surface area contributed by atoms with Crippen LogP contribution in [0.25, 0.3) is 0 Å². The second-order valence-corrected chi connectivity index (χ2v) is 5.01. The highest BCUT2D eigenvalue weighted by atomic mass is 16.1. The molecule has 1 aromatic heterocycles. The van der Waals surface area contributed by atoms with Crippen molar-refractivity contribution in [2.75, 3.05) is 32.0 Å². The Kier molecular flexibility index (Phi) is 4.74. The van der Waals surface area contributed by atoms with Gasteiger partial charge < -0.3 is 15.5 Å². The minimum Gasteiger partial charge on any atom is -0.370 e. The number of anilines is 1. The van der Waals surface area contributed by atoms with Crippen LogP contribution in [0.3, 0.4) is 0 Å². The van der Waals surface area contributed by atoms with Crippen molar-refractivity contribution >= 4 is 11.7 Å². The molecule has 0 aromatic carbocycles. The predicted octanol–water partition coefficient (Wildman–Crippen LogP) is 1.34. The molecule has 1 aliphatic heterocycles. The standard InChI is InChI=1S/C14H22N4O/c1-3-15-13-5-4-11(10-16-13)14(19)17-12-6-8-18(2)9-7-12/h4-5,10,12H,3,6-9H2,1-2H3,(H,15,16)(H,17,19). The summed E-state index contributed by atoms with van der Waals surface area (Å²) in [5.74, 6) is 0.781. The number of likely N-dealkylation sites (tertiary alicyclic amines) is 1. The Morgan fingerprint density at radius 1 is 1.42 bits per heavy atom. The third-order valence-electron chi connectivity index (χ3n) is 3.44. The second kappa shape index (κ2) is 6.52. The summed E-state index contributed by atoms with van der Waals surface area (Å²) in [6.45, 7) is 4.93. The van der Waals surface area contributed by atoms with Gasteiger partial charge in [-0.05, 0) is 52.0 Å². The van der Waals surface area contributed by atoms with Crippen LogP contribution in [0.2, 0.25) is 0 Å². The zero-order valence-corrected chi connectivity index (χ0v) is 11.6. The molecular weight excluding hydrogens is 240 g/mol. The summed E-state index contributed by atoms with van der Waals surface area (Å²) in [7, 11) is 2.11. The smallest absolute Gasteiger partial charge is 0.253 e. The molecule has 1 amide bonds. The van der Waals surface area contributed by atoms with Crippen molar-refractivity contribution in [3.63, 3.8) is 0 Å². The number of nitrogens with zero attached hydrogens (tertiary/aromatic N) is 2. The number of carbonyl (C=O) groups is 1. The average Bonchev–Trinajstić information content (AvgIpc) is 2.42. The first-order chi connectivity index (χ1) is 9.19. The molecule has 2 heterocycles. The van der Waals surface area contributed by atoms with Gasteiger partial charge in [0, 0.05) is 18.8 Å². The van der Waals surface area contributed by atoms with Gasteiger partial charge in [-0.1, -0.05) is 0 Å². The molecule has 19 heavy (non-hydrogen) atoms. The molecule has 0 radical (unpaired) electrons. The number of aromatic nitrogens is 1. The van der Waals surface area contributed by atoms with E-state index >= 15 is 0 Å². The van der Waals surface area contributed by atoms with Crippen LogP contribution in [0.15, 0.2) is 18.3 Å². The Morgan fingerprint density at radius 2 is 2.16 bits per heavy atom. The van der Waals surface area contributed by atoms with Crippen molar-refractivity contribution in [3.05, 3.63) is 23.9 Å². The summed E-state index contributed by atoms with van der Waals surface area (Å²) in [6.07, 6.45) is 3.67. The molecule has 0 spiro atoms. The van der Waals surface area contributed by atoms with Crippen molar-refractivity contribution in [2.45, 2.75) is 25.8 Å². The molecule has 0 aliphatic carbocycles. The normalized spacial score (nSPS) is 17.2. The minimum absolute atomic E-state index is 0.0231. The SMILES string of the molecule is CCNc1ccc(C(=O)NC2CCN(C)CC2)cn1. The van der Waals surface area contributed by atoms with Gasteiger partial charge in [-0.3, -0.25) is 4.79 Å². The highest BCUT2D eigenvalue weighted by Gasteiger charge is 2.19. The van der Waals surface area contributed by atoms with Gasteiger partial charge in [0.05, 0.1) is 5.56 Å². The van der Waals surface area contributed by atoms with Crippen LogP contribution < -0.4 is 10.6 Å². The third kappa shape index (κ3) is 3.92. The number of carbonyl (C=O) groups excluding carboxylic acids is 1. The lowest BCUT2D eigenvalue weighted by Crippen LogP contribution is -2.43. The van der Waals surface area contributed by atoms with Gasteiger partial charge in [0.15, 0.2) is 0 Å². The van der Waals surface area contributed by atoms with E-state index in [2.05, 4.69) is 27.6 Å². The van der Waals surface area contributed by atoms with Gasteiger partial charge in [-0.25, -0.2) is 4.98 Å². The molecular formula is C14H22N4O. The Bertz CT molecular complexity index is 410. The lowest BCUT2D eigenvalue weighted by atomic mass is 10.1. The number of amides is 1. The number of hydrogen-bond acceptors (Lipinski definition) is 4. The maximum Gasteiger partial charge on any atom is 0.253 e. The molecule has 104 valence electrons. The first-order valence-electron chi connectivity index (χ1n) is 6.88.